The van der Waals surface area contributed by atoms with Crippen molar-refractivity contribution in [2.24, 2.45) is 5.92 Å². The van der Waals surface area contributed by atoms with Gasteiger partial charge in [-0.05, 0) is 37.5 Å². The molecule has 0 aliphatic carbocycles. The van der Waals surface area contributed by atoms with E-state index in [2.05, 4.69) is 22.2 Å². The molecule has 0 amide bonds. The quantitative estimate of drug-likeness (QED) is 0.727. The van der Waals surface area contributed by atoms with Crippen molar-refractivity contribution in [2.45, 2.75) is 38.6 Å². The summed E-state index contributed by atoms with van der Waals surface area (Å²) in [5.41, 5.74) is 2.33. The zero-order chi connectivity index (χ0) is 23.0. The molecule has 1 fully saturated rings. The lowest BCUT2D eigenvalue weighted by atomic mass is 9.88. The zero-order valence-electron chi connectivity index (χ0n) is 17.7. The van der Waals surface area contributed by atoms with Crippen LogP contribution >= 0.6 is 0 Å². The molecule has 31 heavy (non-hydrogen) atoms. The number of aliphatic carboxylic acids is 1. The smallest absolute Gasteiger partial charge is 0.490 e. The number of hydrogen-bond acceptors (Lipinski definition) is 6. The van der Waals surface area contributed by atoms with E-state index >= 15 is 0 Å². The molecule has 0 saturated carbocycles. The number of carbonyl (C=O) groups is 1. The summed E-state index contributed by atoms with van der Waals surface area (Å²) in [4.78, 5) is 11.3. The Morgan fingerprint density at radius 3 is 2.42 bits per heavy atom. The third-order valence-electron chi connectivity index (χ3n) is 5.01. The second-order valence-electron chi connectivity index (χ2n) is 7.34. The molecule has 0 spiro atoms. The maximum atomic E-state index is 10.6. The number of ether oxygens (including phenoxy) is 2. The Morgan fingerprint density at radius 1 is 1.29 bits per heavy atom. The third-order valence-corrected chi connectivity index (χ3v) is 5.01. The topological polar surface area (TPSA) is 85.0 Å². The number of aromatic nitrogens is 1. The Labute approximate surface area is 178 Å². The first-order valence-electron chi connectivity index (χ1n) is 9.72. The summed E-state index contributed by atoms with van der Waals surface area (Å²) in [6.07, 6.45) is -2.72. The summed E-state index contributed by atoms with van der Waals surface area (Å²) in [5.74, 6) is -0.516. The van der Waals surface area contributed by atoms with Crippen LogP contribution in [0.4, 0.5) is 13.2 Å². The van der Waals surface area contributed by atoms with Gasteiger partial charge in [-0.3, -0.25) is 4.90 Å². The molecular formula is C21H27F3N2O5. The van der Waals surface area contributed by atoms with Crippen molar-refractivity contribution in [1.29, 1.82) is 0 Å². The number of benzene rings is 1. The van der Waals surface area contributed by atoms with Crippen LogP contribution in [0.25, 0.3) is 0 Å². The van der Waals surface area contributed by atoms with Crippen molar-refractivity contribution in [2.75, 3.05) is 27.3 Å². The van der Waals surface area contributed by atoms with Gasteiger partial charge in [0.25, 0.3) is 0 Å². The summed E-state index contributed by atoms with van der Waals surface area (Å²) in [5, 5.41) is 11.2. The molecule has 1 aromatic heterocycles. The summed E-state index contributed by atoms with van der Waals surface area (Å²) >= 11 is 0. The third kappa shape index (κ3) is 7.87. The molecule has 7 nitrogen and oxygen atoms in total. The Hall–Kier alpha value is -2.59. The van der Waals surface area contributed by atoms with E-state index in [0.29, 0.717) is 12.0 Å². The van der Waals surface area contributed by atoms with Crippen LogP contribution in [0, 0.1) is 12.8 Å². The van der Waals surface area contributed by atoms with E-state index in [1.807, 2.05) is 32.2 Å². The van der Waals surface area contributed by atoms with E-state index in [-0.39, 0.29) is 0 Å². The molecule has 0 unspecified atom stereocenters. The molecule has 2 atom stereocenters. The van der Waals surface area contributed by atoms with Crippen molar-refractivity contribution in [3.8, 4) is 5.75 Å². The highest BCUT2D eigenvalue weighted by Crippen LogP contribution is 2.25. The van der Waals surface area contributed by atoms with Crippen LogP contribution < -0.4 is 4.74 Å². The van der Waals surface area contributed by atoms with Gasteiger partial charge in [-0.15, -0.1) is 0 Å². The van der Waals surface area contributed by atoms with Crippen LogP contribution in [0.15, 0.2) is 34.9 Å². The lowest BCUT2D eigenvalue weighted by Crippen LogP contribution is -2.44. The van der Waals surface area contributed by atoms with Gasteiger partial charge < -0.3 is 19.1 Å². The number of aryl methyl sites for hydroxylation is 1. The maximum absolute atomic E-state index is 10.6. The van der Waals surface area contributed by atoms with E-state index in [4.69, 9.17) is 23.9 Å². The molecule has 172 valence electrons. The van der Waals surface area contributed by atoms with Gasteiger partial charge in [0, 0.05) is 38.7 Å². The second kappa shape index (κ2) is 11.1. The highest BCUT2D eigenvalue weighted by molar-refractivity contribution is 5.73. The van der Waals surface area contributed by atoms with Gasteiger partial charge in [0.1, 0.15) is 11.5 Å². The summed E-state index contributed by atoms with van der Waals surface area (Å²) in [6.45, 7) is 4.81. The predicted octanol–water partition coefficient (Wildman–Crippen LogP) is 3.70. The van der Waals surface area contributed by atoms with Crippen molar-refractivity contribution in [3.05, 3.63) is 47.3 Å². The van der Waals surface area contributed by atoms with E-state index in [1.54, 1.807) is 7.11 Å². The lowest BCUT2D eigenvalue weighted by Gasteiger charge is -2.37. The minimum absolute atomic E-state index is 0.308. The SMILES string of the molecule is COc1ccc(C[C@H]2CN(Cc3cc(C)on3)CC[C@H]2OC)cc1.O=C(O)C(F)(F)F. The molecule has 2 aromatic rings. The average Bonchev–Trinajstić information content (AvgIpc) is 3.13. The number of carboxylic acid groups (broad SMARTS) is 1. The molecule has 1 aliphatic heterocycles. The van der Waals surface area contributed by atoms with Gasteiger partial charge in [0.05, 0.1) is 18.9 Å². The van der Waals surface area contributed by atoms with Gasteiger partial charge in [-0.1, -0.05) is 17.3 Å². The number of likely N-dealkylation sites (tertiary alicyclic amines) is 1. The fourth-order valence-electron chi connectivity index (χ4n) is 3.52. The number of piperidine rings is 1. The van der Waals surface area contributed by atoms with Crippen LogP contribution in [0.3, 0.4) is 0 Å². The Kier molecular flexibility index (Phi) is 8.88. The minimum Gasteiger partial charge on any atom is -0.497 e. The number of methoxy groups -OCH3 is 2. The van der Waals surface area contributed by atoms with Crippen LogP contribution in [0.5, 0.6) is 5.75 Å². The maximum Gasteiger partial charge on any atom is 0.490 e. The van der Waals surface area contributed by atoms with Crippen molar-refractivity contribution in [1.82, 2.24) is 10.1 Å². The fourth-order valence-corrected chi connectivity index (χ4v) is 3.52. The van der Waals surface area contributed by atoms with Crippen molar-refractivity contribution >= 4 is 5.97 Å². The highest BCUT2D eigenvalue weighted by atomic mass is 19.4. The molecule has 1 aliphatic rings. The molecular weight excluding hydrogens is 417 g/mol. The van der Waals surface area contributed by atoms with Crippen LogP contribution in [0.1, 0.15) is 23.4 Å². The molecule has 3 rings (SSSR count). The van der Waals surface area contributed by atoms with Gasteiger partial charge in [-0.25, -0.2) is 4.79 Å². The minimum atomic E-state index is -5.08. The first kappa shape index (κ1) is 24.7. The predicted molar refractivity (Wildman–Crippen MR) is 106 cm³/mol. The van der Waals surface area contributed by atoms with E-state index in [0.717, 1.165) is 49.7 Å². The number of halogens is 3. The fraction of sp³-hybridized carbons (Fsp3) is 0.524. The van der Waals surface area contributed by atoms with Crippen LogP contribution in [0.2, 0.25) is 0 Å². The van der Waals surface area contributed by atoms with Gasteiger partial charge in [-0.2, -0.15) is 13.2 Å². The van der Waals surface area contributed by atoms with Crippen molar-refractivity contribution in [3.63, 3.8) is 0 Å². The van der Waals surface area contributed by atoms with Crippen LogP contribution in [-0.4, -0.2) is 60.7 Å². The lowest BCUT2D eigenvalue weighted by molar-refractivity contribution is -0.192. The van der Waals surface area contributed by atoms with E-state index in [1.165, 1.54) is 5.56 Å². The second-order valence-corrected chi connectivity index (χ2v) is 7.34. The normalized spacial score (nSPS) is 19.4. The van der Waals surface area contributed by atoms with Gasteiger partial charge in [0.15, 0.2) is 0 Å². The number of hydrogen-bond donors (Lipinski definition) is 1. The Balaban J connectivity index is 0.000000423. The molecule has 0 bridgehead atoms. The number of alkyl halides is 3. The number of nitrogens with zero attached hydrogens (tertiary/aromatic N) is 2. The summed E-state index contributed by atoms with van der Waals surface area (Å²) in [6, 6.07) is 10.4. The van der Waals surface area contributed by atoms with Gasteiger partial charge >= 0.3 is 12.1 Å². The summed E-state index contributed by atoms with van der Waals surface area (Å²) in [7, 11) is 3.52. The molecule has 2 heterocycles. The largest absolute Gasteiger partial charge is 0.497 e. The monoisotopic (exact) mass is 444 g/mol. The number of rotatable bonds is 6. The highest BCUT2D eigenvalue weighted by Gasteiger charge is 2.38. The Bertz CT molecular complexity index is 823. The zero-order valence-corrected chi connectivity index (χ0v) is 17.7. The average molecular weight is 444 g/mol. The Morgan fingerprint density at radius 2 is 1.94 bits per heavy atom. The molecule has 1 N–H and O–H groups in total. The molecule has 1 aromatic carbocycles. The first-order valence-corrected chi connectivity index (χ1v) is 9.72. The summed E-state index contributed by atoms with van der Waals surface area (Å²) < 4.78 is 47.9. The first-order chi connectivity index (χ1) is 14.6. The van der Waals surface area contributed by atoms with E-state index in [9.17, 15) is 13.2 Å². The molecule has 1 saturated heterocycles. The van der Waals surface area contributed by atoms with Crippen LogP contribution in [-0.2, 0) is 22.5 Å². The molecule has 10 heteroatoms. The standard InChI is InChI=1S/C19H26N2O3.C2HF3O2/c1-14-10-17(20-24-14)13-21-9-8-19(23-3)16(12-21)11-15-4-6-18(22-2)7-5-15;3-2(4,5)1(6)7/h4-7,10,16,19H,8-9,11-13H2,1-3H3;(H,6,7)/t16-,19+;/m0./s1. The number of carboxylic acids is 1. The van der Waals surface area contributed by atoms with E-state index < -0.39 is 12.1 Å². The van der Waals surface area contributed by atoms with Crippen molar-refractivity contribution < 1.29 is 37.1 Å². The molecule has 0 radical (unpaired) electrons. The van der Waals surface area contributed by atoms with Gasteiger partial charge in [0.2, 0.25) is 0 Å².